The van der Waals surface area contributed by atoms with Gasteiger partial charge >= 0.3 is 0 Å². The van der Waals surface area contributed by atoms with Gasteiger partial charge in [0.15, 0.2) is 5.78 Å². The number of rotatable bonds is 4. The lowest BCUT2D eigenvalue weighted by Gasteiger charge is -2.41. The molecule has 1 fully saturated rings. The second kappa shape index (κ2) is 7.38. The molecule has 2 aromatic rings. The van der Waals surface area contributed by atoms with Crippen molar-refractivity contribution < 1.29 is 19.2 Å². The standard InChI is InChI=1S/C21H19N3O5/c1-29-16-6-5-13-7-8-23-19(17(13)10-16)12-22-18(21(23)26)11-20(25)14-3-2-4-15(9-14)24(27)28/h2-6,9-11,19,22H,7-8,12H2,1H3/b18-11-. The van der Waals surface area contributed by atoms with Crippen LogP contribution in [0.15, 0.2) is 54.2 Å². The lowest BCUT2D eigenvalue weighted by Crippen LogP contribution is -2.51. The Balaban J connectivity index is 1.58. The number of methoxy groups -OCH3 is 1. The molecule has 4 rings (SSSR count). The number of nitro benzene ring substituents is 1. The van der Waals surface area contributed by atoms with E-state index in [-0.39, 0.29) is 28.9 Å². The summed E-state index contributed by atoms with van der Waals surface area (Å²) in [4.78, 5) is 37.6. The third-order valence-electron chi connectivity index (χ3n) is 5.30. The van der Waals surface area contributed by atoms with Crippen molar-refractivity contribution in [2.45, 2.75) is 12.5 Å². The highest BCUT2D eigenvalue weighted by Crippen LogP contribution is 2.34. The largest absolute Gasteiger partial charge is 0.497 e. The van der Waals surface area contributed by atoms with Crippen LogP contribution in [0.5, 0.6) is 5.75 Å². The normalized spacial score (nSPS) is 19.2. The van der Waals surface area contributed by atoms with E-state index in [4.69, 9.17) is 4.74 Å². The molecule has 0 aliphatic carbocycles. The molecule has 2 aliphatic rings. The van der Waals surface area contributed by atoms with Gasteiger partial charge in [0.1, 0.15) is 11.4 Å². The van der Waals surface area contributed by atoms with Crippen molar-refractivity contribution in [3.8, 4) is 5.75 Å². The maximum atomic E-state index is 13.0. The zero-order valence-corrected chi connectivity index (χ0v) is 15.8. The average Bonchev–Trinajstić information content (AvgIpc) is 2.75. The second-order valence-electron chi connectivity index (χ2n) is 6.94. The Bertz CT molecular complexity index is 1050. The van der Waals surface area contributed by atoms with Crippen molar-refractivity contribution in [3.05, 3.63) is 81.0 Å². The molecular formula is C21H19N3O5. The van der Waals surface area contributed by atoms with Crippen molar-refractivity contribution in [1.29, 1.82) is 0 Å². The van der Waals surface area contributed by atoms with E-state index in [0.29, 0.717) is 13.1 Å². The Morgan fingerprint density at radius 2 is 2.14 bits per heavy atom. The van der Waals surface area contributed by atoms with E-state index in [1.807, 2.05) is 18.2 Å². The summed E-state index contributed by atoms with van der Waals surface area (Å²) in [6.45, 7) is 1.03. The van der Waals surface area contributed by atoms with E-state index < -0.39 is 10.7 Å². The number of hydrogen-bond acceptors (Lipinski definition) is 6. The Hall–Kier alpha value is -3.68. The van der Waals surface area contributed by atoms with Crippen LogP contribution in [0.1, 0.15) is 27.5 Å². The molecule has 8 nitrogen and oxygen atoms in total. The van der Waals surface area contributed by atoms with Crippen LogP contribution in [-0.2, 0) is 11.2 Å². The summed E-state index contributed by atoms with van der Waals surface area (Å²) in [5, 5.41) is 14.0. The van der Waals surface area contributed by atoms with Gasteiger partial charge in [-0.05, 0) is 29.7 Å². The van der Waals surface area contributed by atoms with Gasteiger partial charge in [0, 0.05) is 36.9 Å². The Morgan fingerprint density at radius 3 is 2.90 bits per heavy atom. The quantitative estimate of drug-likeness (QED) is 0.370. The zero-order valence-electron chi connectivity index (χ0n) is 15.8. The van der Waals surface area contributed by atoms with Gasteiger partial charge < -0.3 is 15.0 Å². The van der Waals surface area contributed by atoms with Gasteiger partial charge in [0.05, 0.1) is 18.1 Å². The molecule has 1 saturated heterocycles. The fraction of sp³-hybridized carbons (Fsp3) is 0.238. The molecule has 0 saturated carbocycles. The number of fused-ring (bicyclic) bond motifs is 3. The molecule has 0 bridgehead atoms. The molecule has 2 aliphatic heterocycles. The van der Waals surface area contributed by atoms with E-state index in [1.165, 1.54) is 35.9 Å². The van der Waals surface area contributed by atoms with Crippen molar-refractivity contribution in [1.82, 2.24) is 10.2 Å². The topological polar surface area (TPSA) is 102 Å². The molecule has 2 aromatic carbocycles. The number of nitro groups is 1. The number of piperazine rings is 1. The first-order valence-electron chi connectivity index (χ1n) is 9.20. The third-order valence-corrected chi connectivity index (χ3v) is 5.30. The number of carbonyl (C=O) groups is 2. The Morgan fingerprint density at radius 1 is 1.31 bits per heavy atom. The van der Waals surface area contributed by atoms with Crippen molar-refractivity contribution in [2.75, 3.05) is 20.2 Å². The predicted molar refractivity (Wildman–Crippen MR) is 105 cm³/mol. The Kier molecular flexibility index (Phi) is 4.75. The number of amides is 1. The first-order valence-corrected chi connectivity index (χ1v) is 9.20. The van der Waals surface area contributed by atoms with E-state index in [2.05, 4.69) is 5.32 Å². The van der Waals surface area contributed by atoms with Crippen LogP contribution >= 0.6 is 0 Å². The number of ketones is 1. The van der Waals surface area contributed by atoms with Gasteiger partial charge in [0.25, 0.3) is 11.6 Å². The van der Waals surface area contributed by atoms with Crippen LogP contribution in [-0.4, -0.2) is 41.7 Å². The van der Waals surface area contributed by atoms with Crippen LogP contribution in [0.3, 0.4) is 0 Å². The van der Waals surface area contributed by atoms with E-state index in [0.717, 1.165) is 17.7 Å². The van der Waals surface area contributed by atoms with Crippen molar-refractivity contribution in [2.24, 2.45) is 0 Å². The minimum Gasteiger partial charge on any atom is -0.497 e. The van der Waals surface area contributed by atoms with Gasteiger partial charge in [-0.25, -0.2) is 0 Å². The first-order chi connectivity index (χ1) is 14.0. The zero-order chi connectivity index (χ0) is 20.5. The molecule has 1 unspecified atom stereocenters. The van der Waals surface area contributed by atoms with Crippen LogP contribution in [0.4, 0.5) is 5.69 Å². The molecule has 29 heavy (non-hydrogen) atoms. The van der Waals surface area contributed by atoms with E-state index >= 15 is 0 Å². The number of hydrogen-bond donors (Lipinski definition) is 1. The summed E-state index contributed by atoms with van der Waals surface area (Å²) in [6.07, 6.45) is 1.95. The summed E-state index contributed by atoms with van der Waals surface area (Å²) < 4.78 is 5.31. The van der Waals surface area contributed by atoms with Crippen LogP contribution in [0.2, 0.25) is 0 Å². The number of allylic oxidation sites excluding steroid dienone is 1. The second-order valence-corrected chi connectivity index (χ2v) is 6.94. The van der Waals surface area contributed by atoms with Gasteiger partial charge in [-0.2, -0.15) is 0 Å². The molecule has 0 spiro atoms. The number of nitrogens with one attached hydrogen (secondary N) is 1. The molecule has 1 N–H and O–H groups in total. The molecule has 8 heteroatoms. The third kappa shape index (κ3) is 3.44. The highest BCUT2D eigenvalue weighted by atomic mass is 16.6. The van der Waals surface area contributed by atoms with Crippen LogP contribution in [0, 0.1) is 10.1 Å². The average molecular weight is 393 g/mol. The molecule has 0 aromatic heterocycles. The highest BCUT2D eigenvalue weighted by molar-refractivity contribution is 6.09. The minimum atomic E-state index is -0.558. The fourth-order valence-electron chi connectivity index (χ4n) is 3.80. The van der Waals surface area contributed by atoms with Crippen LogP contribution < -0.4 is 10.1 Å². The number of benzene rings is 2. The Labute approximate surface area is 166 Å². The molecule has 2 heterocycles. The SMILES string of the molecule is COc1ccc2c(c1)C1CN/C(=C\C(=O)c3cccc([N+](=O)[O-])c3)C(=O)N1CC2. The molecule has 0 radical (unpaired) electrons. The minimum absolute atomic E-state index is 0.133. The molecule has 1 amide bonds. The fourth-order valence-corrected chi connectivity index (χ4v) is 3.80. The smallest absolute Gasteiger partial charge is 0.270 e. The maximum absolute atomic E-state index is 13.0. The lowest BCUT2D eigenvalue weighted by molar-refractivity contribution is -0.384. The van der Waals surface area contributed by atoms with Gasteiger partial charge in [0.2, 0.25) is 0 Å². The number of ether oxygens (including phenoxy) is 1. The summed E-state index contributed by atoms with van der Waals surface area (Å²) in [5.74, 6) is 0.0239. The van der Waals surface area contributed by atoms with Crippen molar-refractivity contribution >= 4 is 17.4 Å². The van der Waals surface area contributed by atoms with Gasteiger partial charge in [-0.1, -0.05) is 18.2 Å². The summed E-state index contributed by atoms with van der Waals surface area (Å²) in [6, 6.07) is 11.2. The highest BCUT2D eigenvalue weighted by Gasteiger charge is 2.36. The van der Waals surface area contributed by atoms with Gasteiger partial charge in [-0.15, -0.1) is 0 Å². The maximum Gasteiger partial charge on any atom is 0.270 e. The molecule has 148 valence electrons. The summed E-state index contributed by atoms with van der Waals surface area (Å²) >= 11 is 0. The number of carbonyl (C=O) groups excluding carboxylic acids is 2. The number of non-ortho nitro benzene ring substituents is 1. The van der Waals surface area contributed by atoms with Crippen molar-refractivity contribution in [3.63, 3.8) is 0 Å². The predicted octanol–water partition coefficient (Wildman–Crippen LogP) is 2.40. The molecule has 1 atom stereocenters. The van der Waals surface area contributed by atoms with Crippen LogP contribution in [0.25, 0.3) is 0 Å². The first kappa shape index (κ1) is 18.7. The summed E-state index contributed by atoms with van der Waals surface area (Å²) in [5.41, 5.74) is 2.42. The lowest BCUT2D eigenvalue weighted by atomic mass is 9.90. The number of nitrogens with zero attached hydrogens (tertiary/aromatic N) is 2. The monoisotopic (exact) mass is 393 g/mol. The summed E-state index contributed by atoms with van der Waals surface area (Å²) in [7, 11) is 1.60. The van der Waals surface area contributed by atoms with Gasteiger partial charge in [-0.3, -0.25) is 19.7 Å². The van der Waals surface area contributed by atoms with E-state index in [9.17, 15) is 19.7 Å². The molecular weight excluding hydrogens is 374 g/mol. The van der Waals surface area contributed by atoms with E-state index in [1.54, 1.807) is 12.0 Å².